The summed E-state index contributed by atoms with van der Waals surface area (Å²) in [5, 5.41) is 0. The molecule has 1 rings (SSSR count). The van der Waals surface area contributed by atoms with Crippen LogP contribution in [0.5, 0.6) is 0 Å². The monoisotopic (exact) mass is 197 g/mol. The zero-order valence-electron chi connectivity index (χ0n) is 7.55. The maximum atomic E-state index is 13.3. The molecule has 2 N–H and O–H groups in total. The first-order chi connectivity index (χ1) is 6.52. The fraction of sp³-hybridized carbons (Fsp3) is 0.100. The number of rotatable bonds is 2. The molecule has 0 aromatic heterocycles. The molecule has 1 aromatic carbocycles. The third-order valence-corrected chi connectivity index (χ3v) is 1.78. The zero-order valence-corrected chi connectivity index (χ0v) is 7.55. The predicted molar refractivity (Wildman–Crippen MR) is 49.3 cm³/mol. The van der Waals surface area contributed by atoms with E-state index in [0.29, 0.717) is 0 Å². The molecule has 0 aliphatic carbocycles. The van der Waals surface area contributed by atoms with Gasteiger partial charge in [-0.05, 0) is 25.1 Å². The van der Waals surface area contributed by atoms with Crippen LogP contribution in [0.3, 0.4) is 0 Å². The highest BCUT2D eigenvalue weighted by molar-refractivity contribution is 5.90. The second-order valence-electron chi connectivity index (χ2n) is 2.81. The molecule has 0 saturated carbocycles. The minimum absolute atomic E-state index is 0.0726. The average molecular weight is 197 g/mol. The van der Waals surface area contributed by atoms with Gasteiger partial charge in [-0.3, -0.25) is 4.79 Å². The van der Waals surface area contributed by atoms with E-state index < -0.39 is 17.5 Å². The summed E-state index contributed by atoms with van der Waals surface area (Å²) >= 11 is 0. The summed E-state index contributed by atoms with van der Waals surface area (Å²) in [6, 6.07) is 2.39. The molecule has 2 nitrogen and oxygen atoms in total. The molecule has 0 fully saturated rings. The van der Waals surface area contributed by atoms with E-state index in [2.05, 4.69) is 0 Å². The minimum Gasteiger partial charge on any atom is -0.366 e. The largest absolute Gasteiger partial charge is 0.366 e. The number of benzene rings is 1. The van der Waals surface area contributed by atoms with Gasteiger partial charge in [0, 0.05) is 17.2 Å². The molecule has 74 valence electrons. The Kier molecular flexibility index (Phi) is 2.96. The summed E-state index contributed by atoms with van der Waals surface area (Å²) in [4.78, 5) is 10.4. The Morgan fingerprint density at radius 2 is 2.07 bits per heavy atom. The smallest absolute Gasteiger partial charge is 0.241 e. The molecule has 14 heavy (non-hydrogen) atoms. The Morgan fingerprint density at radius 1 is 1.43 bits per heavy atom. The van der Waals surface area contributed by atoms with Crippen molar-refractivity contribution in [2.75, 3.05) is 0 Å². The summed E-state index contributed by atoms with van der Waals surface area (Å²) in [6.07, 6.45) is 2.24. The Morgan fingerprint density at radius 3 is 2.64 bits per heavy atom. The molecule has 0 saturated heterocycles. The van der Waals surface area contributed by atoms with Crippen molar-refractivity contribution < 1.29 is 13.6 Å². The van der Waals surface area contributed by atoms with E-state index in [4.69, 9.17) is 5.73 Å². The maximum Gasteiger partial charge on any atom is 0.241 e. The van der Waals surface area contributed by atoms with Gasteiger partial charge in [-0.2, -0.15) is 0 Å². The van der Waals surface area contributed by atoms with Crippen molar-refractivity contribution in [2.45, 2.75) is 6.92 Å². The number of primary amides is 1. The van der Waals surface area contributed by atoms with Gasteiger partial charge < -0.3 is 5.73 Å². The quantitative estimate of drug-likeness (QED) is 0.721. The summed E-state index contributed by atoms with van der Waals surface area (Å²) in [6.45, 7) is 1.33. The lowest BCUT2D eigenvalue weighted by Gasteiger charge is -2.01. The molecule has 4 heteroatoms. The number of nitrogens with two attached hydrogens (primary N) is 1. The standard InChI is InChI=1S/C10H9F2NO/c1-6-8(11)4-2-7(10(6)12)3-5-9(13)14/h2-5H,1H3,(H2,13,14)/b5-3-. The van der Waals surface area contributed by atoms with Crippen LogP contribution in [0, 0.1) is 18.6 Å². The third kappa shape index (κ3) is 2.16. The molecule has 1 amide bonds. The van der Waals surface area contributed by atoms with Gasteiger partial charge in [0.15, 0.2) is 0 Å². The SMILES string of the molecule is Cc1c(F)ccc(/C=C\C(N)=O)c1F. The van der Waals surface area contributed by atoms with Crippen LogP contribution in [0.25, 0.3) is 6.08 Å². The van der Waals surface area contributed by atoms with Gasteiger partial charge in [0.2, 0.25) is 5.91 Å². The van der Waals surface area contributed by atoms with E-state index >= 15 is 0 Å². The lowest BCUT2D eigenvalue weighted by atomic mass is 10.1. The van der Waals surface area contributed by atoms with Crippen LogP contribution in [-0.4, -0.2) is 5.91 Å². The van der Waals surface area contributed by atoms with Crippen LogP contribution in [0.4, 0.5) is 8.78 Å². The Hall–Kier alpha value is -1.71. The fourth-order valence-electron chi connectivity index (χ4n) is 0.983. The molecular weight excluding hydrogens is 188 g/mol. The number of carbonyl (C=O) groups excluding carboxylic acids is 1. The Balaban J connectivity index is 3.12. The number of halogens is 2. The summed E-state index contributed by atoms with van der Waals surface area (Å²) in [7, 11) is 0. The molecule has 0 radical (unpaired) electrons. The highest BCUT2D eigenvalue weighted by Crippen LogP contribution is 2.16. The van der Waals surface area contributed by atoms with Gasteiger partial charge in [0.1, 0.15) is 11.6 Å². The average Bonchev–Trinajstić information content (AvgIpc) is 2.13. The van der Waals surface area contributed by atoms with Crippen LogP contribution >= 0.6 is 0 Å². The first-order valence-corrected chi connectivity index (χ1v) is 3.94. The highest BCUT2D eigenvalue weighted by atomic mass is 19.1. The molecule has 0 bridgehead atoms. The van der Waals surface area contributed by atoms with Gasteiger partial charge in [-0.15, -0.1) is 0 Å². The van der Waals surface area contributed by atoms with Gasteiger partial charge in [-0.1, -0.05) is 0 Å². The second kappa shape index (κ2) is 4.00. The second-order valence-corrected chi connectivity index (χ2v) is 2.81. The number of amides is 1. The van der Waals surface area contributed by atoms with E-state index in [1.807, 2.05) is 0 Å². The van der Waals surface area contributed by atoms with Crippen molar-refractivity contribution in [3.8, 4) is 0 Å². The molecule has 0 aliphatic rings. The molecule has 0 heterocycles. The van der Waals surface area contributed by atoms with E-state index in [1.54, 1.807) is 0 Å². The maximum absolute atomic E-state index is 13.3. The highest BCUT2D eigenvalue weighted by Gasteiger charge is 2.07. The molecule has 0 unspecified atom stereocenters. The van der Waals surface area contributed by atoms with E-state index in [0.717, 1.165) is 12.1 Å². The van der Waals surface area contributed by atoms with Gasteiger partial charge in [0.05, 0.1) is 0 Å². The van der Waals surface area contributed by atoms with Crippen molar-refractivity contribution in [3.63, 3.8) is 0 Å². The Labute approximate surface area is 80.0 Å². The topological polar surface area (TPSA) is 43.1 Å². The molecule has 0 atom stereocenters. The van der Waals surface area contributed by atoms with Crippen LogP contribution in [0.1, 0.15) is 11.1 Å². The Bertz CT molecular complexity index is 399. The van der Waals surface area contributed by atoms with Crippen molar-refractivity contribution in [1.82, 2.24) is 0 Å². The first kappa shape index (κ1) is 10.4. The summed E-state index contributed by atoms with van der Waals surface area (Å²) < 4.78 is 26.1. The first-order valence-electron chi connectivity index (χ1n) is 3.94. The van der Waals surface area contributed by atoms with Gasteiger partial charge in [-0.25, -0.2) is 8.78 Å². The van der Waals surface area contributed by atoms with Crippen LogP contribution in [0.2, 0.25) is 0 Å². The minimum atomic E-state index is -0.678. The van der Waals surface area contributed by atoms with Crippen LogP contribution < -0.4 is 5.73 Å². The predicted octanol–water partition coefficient (Wildman–Crippen LogP) is 1.77. The van der Waals surface area contributed by atoms with Crippen molar-refractivity contribution >= 4 is 12.0 Å². The van der Waals surface area contributed by atoms with E-state index in [1.165, 1.54) is 19.1 Å². The number of carbonyl (C=O) groups is 1. The van der Waals surface area contributed by atoms with E-state index in [9.17, 15) is 13.6 Å². The van der Waals surface area contributed by atoms with Crippen LogP contribution in [-0.2, 0) is 4.79 Å². The summed E-state index contributed by atoms with van der Waals surface area (Å²) in [5.74, 6) is -1.97. The lowest BCUT2D eigenvalue weighted by Crippen LogP contribution is -2.05. The van der Waals surface area contributed by atoms with Crippen molar-refractivity contribution in [3.05, 3.63) is 41.0 Å². The normalized spacial score (nSPS) is 10.8. The summed E-state index contributed by atoms with van der Waals surface area (Å²) in [5.41, 5.74) is 4.90. The van der Waals surface area contributed by atoms with Gasteiger partial charge in [0.25, 0.3) is 0 Å². The number of hydrogen-bond donors (Lipinski definition) is 1. The number of hydrogen-bond acceptors (Lipinski definition) is 1. The van der Waals surface area contributed by atoms with E-state index in [-0.39, 0.29) is 11.1 Å². The molecular formula is C10H9F2NO. The molecule has 0 aliphatic heterocycles. The third-order valence-electron chi connectivity index (χ3n) is 1.78. The van der Waals surface area contributed by atoms with Crippen LogP contribution in [0.15, 0.2) is 18.2 Å². The van der Waals surface area contributed by atoms with Gasteiger partial charge >= 0.3 is 0 Å². The lowest BCUT2D eigenvalue weighted by molar-refractivity contribution is -0.113. The fourth-order valence-corrected chi connectivity index (χ4v) is 0.983. The van der Waals surface area contributed by atoms with Crippen molar-refractivity contribution in [2.24, 2.45) is 5.73 Å². The zero-order chi connectivity index (χ0) is 10.7. The van der Waals surface area contributed by atoms with Crippen molar-refractivity contribution in [1.29, 1.82) is 0 Å². The molecule has 0 spiro atoms. The molecule has 1 aromatic rings.